The fourth-order valence-electron chi connectivity index (χ4n) is 4.61. The lowest BCUT2D eigenvalue weighted by Crippen LogP contribution is -2.35. The highest BCUT2D eigenvalue weighted by molar-refractivity contribution is 8.14. The molecule has 5 nitrogen and oxygen atoms in total. The highest BCUT2D eigenvalue weighted by Crippen LogP contribution is 2.49. The van der Waals surface area contributed by atoms with Gasteiger partial charge in [0.25, 0.3) is 0 Å². The summed E-state index contributed by atoms with van der Waals surface area (Å²) in [5.74, 6) is 2.07. The summed E-state index contributed by atoms with van der Waals surface area (Å²) in [4.78, 5) is 17.0. The number of rotatable bonds is 4. The van der Waals surface area contributed by atoms with E-state index in [4.69, 9.17) is 4.99 Å². The minimum atomic E-state index is 0.0192. The van der Waals surface area contributed by atoms with Gasteiger partial charge in [-0.05, 0) is 56.2 Å². The van der Waals surface area contributed by atoms with Gasteiger partial charge in [0.15, 0.2) is 5.17 Å². The fraction of sp³-hybridized carbons (Fsp3) is 0.348. The van der Waals surface area contributed by atoms with Crippen LogP contribution in [0.15, 0.2) is 59.9 Å². The van der Waals surface area contributed by atoms with Crippen LogP contribution >= 0.6 is 11.8 Å². The third-order valence-corrected chi connectivity index (χ3v) is 7.12. The molecule has 2 aliphatic rings. The van der Waals surface area contributed by atoms with Crippen molar-refractivity contribution in [3.8, 4) is 5.82 Å². The predicted molar refractivity (Wildman–Crippen MR) is 119 cm³/mol. The van der Waals surface area contributed by atoms with Crippen molar-refractivity contribution in [1.29, 1.82) is 0 Å². The molecule has 6 heteroatoms. The molecular weight excluding hydrogens is 378 g/mol. The number of aromatic nitrogens is 3. The van der Waals surface area contributed by atoms with E-state index >= 15 is 0 Å². The zero-order valence-corrected chi connectivity index (χ0v) is 17.8. The zero-order chi connectivity index (χ0) is 20.0. The van der Waals surface area contributed by atoms with E-state index in [-0.39, 0.29) is 12.1 Å². The second-order valence-corrected chi connectivity index (χ2v) is 8.67. The van der Waals surface area contributed by atoms with Crippen molar-refractivity contribution in [2.75, 3.05) is 5.75 Å². The van der Waals surface area contributed by atoms with Crippen LogP contribution in [0.5, 0.6) is 0 Å². The van der Waals surface area contributed by atoms with Crippen molar-refractivity contribution in [1.82, 2.24) is 19.4 Å². The third kappa shape index (κ3) is 2.97. The Bertz CT molecular complexity index is 1040. The highest BCUT2D eigenvalue weighted by Gasteiger charge is 2.46. The van der Waals surface area contributed by atoms with E-state index in [1.165, 1.54) is 22.1 Å². The molecule has 0 aromatic carbocycles. The number of amidine groups is 1. The fourth-order valence-corrected chi connectivity index (χ4v) is 5.95. The minimum absolute atomic E-state index is 0.0192. The van der Waals surface area contributed by atoms with E-state index in [0.29, 0.717) is 6.04 Å². The molecule has 29 heavy (non-hydrogen) atoms. The SMILES string of the molecule is CC[C@@H]1CSC2=N[C@H](c3ccccn3)[C@H](c3cc(C)n(-c4ccccn4)c3C)N21. The molecule has 0 amide bonds. The number of pyridine rings is 2. The molecule has 0 spiro atoms. The average Bonchev–Trinajstić information content (AvgIpc) is 3.40. The number of nitrogens with zero attached hydrogens (tertiary/aromatic N) is 5. The lowest BCUT2D eigenvalue weighted by atomic mass is 9.95. The summed E-state index contributed by atoms with van der Waals surface area (Å²) in [6.07, 6.45) is 4.85. The molecule has 3 atom stereocenters. The summed E-state index contributed by atoms with van der Waals surface area (Å²) in [6.45, 7) is 6.64. The van der Waals surface area contributed by atoms with E-state index in [1.54, 1.807) is 0 Å². The van der Waals surface area contributed by atoms with Crippen LogP contribution in [0.3, 0.4) is 0 Å². The van der Waals surface area contributed by atoms with Gasteiger partial charge in [-0.2, -0.15) is 0 Å². The van der Waals surface area contributed by atoms with Crippen molar-refractivity contribution in [3.05, 3.63) is 77.5 Å². The van der Waals surface area contributed by atoms with Gasteiger partial charge >= 0.3 is 0 Å². The van der Waals surface area contributed by atoms with Crippen molar-refractivity contribution in [2.45, 2.75) is 45.3 Å². The largest absolute Gasteiger partial charge is 0.338 e. The van der Waals surface area contributed by atoms with E-state index in [9.17, 15) is 0 Å². The van der Waals surface area contributed by atoms with E-state index in [1.807, 2.05) is 42.4 Å². The van der Waals surface area contributed by atoms with Crippen molar-refractivity contribution in [2.24, 2.45) is 4.99 Å². The van der Waals surface area contributed by atoms with Crippen LogP contribution in [0.1, 0.15) is 48.1 Å². The van der Waals surface area contributed by atoms with Gasteiger partial charge in [0.1, 0.15) is 11.9 Å². The first-order valence-electron chi connectivity index (χ1n) is 10.2. The Morgan fingerprint density at radius 3 is 2.55 bits per heavy atom. The molecule has 1 saturated heterocycles. The second-order valence-electron chi connectivity index (χ2n) is 7.69. The van der Waals surface area contributed by atoms with Crippen LogP contribution in [0.2, 0.25) is 0 Å². The molecule has 3 aromatic rings. The Labute approximate surface area is 175 Å². The number of aliphatic imine (C=N–C) groups is 1. The van der Waals surface area contributed by atoms with Gasteiger partial charge in [-0.1, -0.05) is 30.8 Å². The van der Waals surface area contributed by atoms with Crippen LogP contribution in [-0.2, 0) is 0 Å². The summed E-state index contributed by atoms with van der Waals surface area (Å²) >= 11 is 1.88. The van der Waals surface area contributed by atoms with Crippen molar-refractivity contribution < 1.29 is 0 Å². The monoisotopic (exact) mass is 403 g/mol. The summed E-state index contributed by atoms with van der Waals surface area (Å²) in [5, 5.41) is 1.17. The lowest BCUT2D eigenvalue weighted by molar-refractivity contribution is 0.254. The maximum absolute atomic E-state index is 5.15. The summed E-state index contributed by atoms with van der Waals surface area (Å²) in [6, 6.07) is 15.2. The van der Waals surface area contributed by atoms with Crippen LogP contribution in [0, 0.1) is 13.8 Å². The normalized spacial score (nSPS) is 23.3. The maximum atomic E-state index is 5.15. The molecule has 5 rings (SSSR count). The molecular formula is C23H25N5S. The van der Waals surface area contributed by atoms with Gasteiger partial charge in [-0.25, -0.2) is 4.98 Å². The molecule has 0 aliphatic carbocycles. The summed E-state index contributed by atoms with van der Waals surface area (Å²) in [5.41, 5.74) is 4.79. The van der Waals surface area contributed by atoms with E-state index in [0.717, 1.165) is 23.7 Å². The zero-order valence-electron chi connectivity index (χ0n) is 17.0. The second kappa shape index (κ2) is 7.34. The Morgan fingerprint density at radius 2 is 1.86 bits per heavy atom. The molecule has 5 heterocycles. The smallest absolute Gasteiger partial charge is 0.160 e. The number of fused-ring (bicyclic) bond motifs is 1. The van der Waals surface area contributed by atoms with Crippen molar-refractivity contribution in [3.63, 3.8) is 0 Å². The molecule has 3 aromatic heterocycles. The Hall–Kier alpha value is -2.60. The average molecular weight is 404 g/mol. The van der Waals surface area contributed by atoms with Crippen LogP contribution < -0.4 is 0 Å². The summed E-state index contributed by atoms with van der Waals surface area (Å²) < 4.78 is 2.26. The van der Waals surface area contributed by atoms with Crippen LogP contribution in [0.4, 0.5) is 0 Å². The first-order chi connectivity index (χ1) is 14.2. The molecule has 2 aliphatic heterocycles. The minimum Gasteiger partial charge on any atom is -0.338 e. The Balaban J connectivity index is 1.64. The van der Waals surface area contributed by atoms with Gasteiger partial charge in [0.05, 0.1) is 11.7 Å². The number of aryl methyl sites for hydroxylation is 1. The number of thioether (sulfide) groups is 1. The first-order valence-corrected chi connectivity index (χ1v) is 11.2. The molecule has 0 saturated carbocycles. The van der Waals surface area contributed by atoms with Gasteiger partial charge < -0.3 is 9.47 Å². The lowest BCUT2D eigenvalue weighted by Gasteiger charge is -2.32. The molecule has 0 radical (unpaired) electrons. The topological polar surface area (TPSA) is 46.3 Å². The third-order valence-electron chi connectivity index (χ3n) is 6.00. The summed E-state index contributed by atoms with van der Waals surface area (Å²) in [7, 11) is 0. The maximum Gasteiger partial charge on any atom is 0.160 e. The Morgan fingerprint density at radius 1 is 1.07 bits per heavy atom. The van der Waals surface area contributed by atoms with E-state index < -0.39 is 0 Å². The highest BCUT2D eigenvalue weighted by atomic mass is 32.2. The van der Waals surface area contributed by atoms with Crippen molar-refractivity contribution >= 4 is 16.9 Å². The van der Waals surface area contributed by atoms with Crippen LogP contribution in [-0.4, -0.2) is 36.4 Å². The molecule has 0 bridgehead atoms. The van der Waals surface area contributed by atoms with Gasteiger partial charge in [0, 0.05) is 35.6 Å². The molecule has 0 N–H and O–H groups in total. The number of hydrogen-bond donors (Lipinski definition) is 0. The number of hydrogen-bond acceptors (Lipinski definition) is 5. The molecule has 0 unspecified atom stereocenters. The van der Waals surface area contributed by atoms with Gasteiger partial charge in [-0.3, -0.25) is 9.98 Å². The predicted octanol–water partition coefficient (Wildman–Crippen LogP) is 4.86. The first kappa shape index (κ1) is 18.4. The van der Waals surface area contributed by atoms with E-state index in [2.05, 4.69) is 64.5 Å². The van der Waals surface area contributed by atoms with Crippen LogP contribution in [0.25, 0.3) is 5.82 Å². The van der Waals surface area contributed by atoms with Gasteiger partial charge in [0.2, 0.25) is 0 Å². The van der Waals surface area contributed by atoms with Gasteiger partial charge in [-0.15, -0.1) is 0 Å². The molecule has 148 valence electrons. The molecule has 1 fully saturated rings. The Kier molecular flexibility index (Phi) is 4.66. The quantitative estimate of drug-likeness (QED) is 0.624. The standard InChI is InChI=1S/C23H25N5S/c1-4-17-14-29-23-26-21(19-9-5-7-11-24-19)22(28(17)23)18-13-15(2)27(16(18)3)20-10-6-8-12-25-20/h5-13,17,21-22H,4,14H2,1-3H3/t17-,21-,22+/m1/s1.